The molecule has 1 aliphatic heterocycles. The maximum Gasteiger partial charge on any atom is 0.245 e. The second-order valence-corrected chi connectivity index (χ2v) is 7.92. The van der Waals surface area contributed by atoms with Crippen molar-refractivity contribution in [2.45, 2.75) is 23.8 Å². The van der Waals surface area contributed by atoms with E-state index in [4.69, 9.17) is 0 Å². The molecule has 0 saturated carbocycles. The van der Waals surface area contributed by atoms with Crippen LogP contribution in [0.2, 0.25) is 0 Å². The lowest BCUT2D eigenvalue weighted by Gasteiger charge is -2.25. The Morgan fingerprint density at radius 2 is 1.83 bits per heavy atom. The minimum atomic E-state index is -3.53. The van der Waals surface area contributed by atoms with Gasteiger partial charge in [-0.25, -0.2) is 8.42 Å². The van der Waals surface area contributed by atoms with Crippen LogP contribution in [0.3, 0.4) is 0 Å². The quantitative estimate of drug-likeness (QED) is 0.730. The van der Waals surface area contributed by atoms with Crippen LogP contribution in [0.1, 0.15) is 24.4 Å². The van der Waals surface area contributed by atoms with E-state index < -0.39 is 10.0 Å². The number of hydrogen-bond donors (Lipinski definition) is 0. The van der Waals surface area contributed by atoms with E-state index in [1.165, 1.54) is 6.20 Å². The van der Waals surface area contributed by atoms with E-state index in [-0.39, 0.29) is 10.9 Å². The van der Waals surface area contributed by atoms with Gasteiger partial charge in [0.25, 0.3) is 0 Å². The first kappa shape index (κ1) is 15.3. The Balaban J connectivity index is 1.81. The molecule has 2 aromatic carbocycles. The third kappa shape index (κ3) is 2.50. The second-order valence-electron chi connectivity index (χ2n) is 6.03. The average Bonchev–Trinajstić information content (AvgIpc) is 3.12. The van der Waals surface area contributed by atoms with Gasteiger partial charge in [-0.05, 0) is 41.3 Å². The van der Waals surface area contributed by atoms with E-state index >= 15 is 0 Å². The van der Waals surface area contributed by atoms with Crippen molar-refractivity contribution in [2.75, 3.05) is 6.54 Å². The first-order chi connectivity index (χ1) is 11.7. The summed E-state index contributed by atoms with van der Waals surface area (Å²) in [6.07, 6.45) is 4.72. The predicted molar refractivity (Wildman–Crippen MR) is 94.1 cm³/mol. The minimum Gasteiger partial charge on any atom is -0.263 e. The van der Waals surface area contributed by atoms with Crippen molar-refractivity contribution in [1.29, 1.82) is 0 Å². The summed E-state index contributed by atoms with van der Waals surface area (Å²) in [5.74, 6) is 0. The fourth-order valence-corrected chi connectivity index (χ4v) is 5.15. The molecule has 1 saturated heterocycles. The molecule has 3 aromatic rings. The Labute approximate surface area is 141 Å². The van der Waals surface area contributed by atoms with Gasteiger partial charge in [0, 0.05) is 18.9 Å². The minimum absolute atomic E-state index is 0.124. The van der Waals surface area contributed by atoms with Crippen LogP contribution in [-0.4, -0.2) is 24.3 Å². The molecule has 1 unspecified atom stereocenters. The molecule has 4 rings (SSSR count). The highest BCUT2D eigenvalue weighted by Crippen LogP contribution is 2.39. The highest BCUT2D eigenvalue weighted by Gasteiger charge is 2.36. The molecule has 4 nitrogen and oxygen atoms in total. The SMILES string of the molecule is O=S(=O)(c1cccnc1)N1CCCC1c1cccc2ccccc12. The standard InChI is InChI=1S/C19H18N2O2S/c22-24(23,16-8-4-12-20-14-16)21-13-5-11-19(21)18-10-3-7-15-6-1-2-9-17(15)18/h1-4,6-10,12,14,19H,5,11,13H2. The van der Waals surface area contributed by atoms with E-state index in [1.54, 1.807) is 22.6 Å². The van der Waals surface area contributed by atoms with Gasteiger partial charge in [0.05, 0.1) is 6.04 Å². The van der Waals surface area contributed by atoms with Crippen molar-refractivity contribution >= 4 is 20.8 Å². The number of sulfonamides is 1. The summed E-state index contributed by atoms with van der Waals surface area (Å²) >= 11 is 0. The normalized spacial score (nSPS) is 18.9. The van der Waals surface area contributed by atoms with Gasteiger partial charge >= 0.3 is 0 Å². The van der Waals surface area contributed by atoms with Gasteiger partial charge in [0.2, 0.25) is 10.0 Å². The summed E-state index contributed by atoms with van der Waals surface area (Å²) in [7, 11) is -3.53. The maximum atomic E-state index is 13.0. The number of fused-ring (bicyclic) bond motifs is 1. The Bertz CT molecular complexity index is 966. The van der Waals surface area contributed by atoms with Crippen LogP contribution >= 0.6 is 0 Å². The zero-order chi connectivity index (χ0) is 16.6. The topological polar surface area (TPSA) is 50.3 Å². The third-order valence-corrected chi connectivity index (χ3v) is 6.52. The van der Waals surface area contributed by atoms with Crippen LogP contribution in [0.5, 0.6) is 0 Å². The zero-order valence-electron chi connectivity index (χ0n) is 13.2. The molecule has 1 aliphatic rings. The van der Waals surface area contributed by atoms with Crippen molar-refractivity contribution < 1.29 is 8.42 Å². The predicted octanol–water partition coefficient (Wildman–Crippen LogP) is 3.76. The van der Waals surface area contributed by atoms with Gasteiger partial charge in [-0.2, -0.15) is 4.31 Å². The first-order valence-electron chi connectivity index (χ1n) is 8.07. The average molecular weight is 338 g/mol. The number of aromatic nitrogens is 1. The molecule has 1 aromatic heterocycles. The van der Waals surface area contributed by atoms with Crippen molar-refractivity contribution in [3.05, 3.63) is 72.6 Å². The Hall–Kier alpha value is -2.24. The van der Waals surface area contributed by atoms with Crippen molar-refractivity contribution in [2.24, 2.45) is 0 Å². The Morgan fingerprint density at radius 1 is 1.00 bits per heavy atom. The lowest BCUT2D eigenvalue weighted by atomic mass is 9.98. The fraction of sp³-hybridized carbons (Fsp3) is 0.211. The van der Waals surface area contributed by atoms with Crippen LogP contribution in [-0.2, 0) is 10.0 Å². The van der Waals surface area contributed by atoms with Crippen LogP contribution in [0.4, 0.5) is 0 Å². The molecule has 24 heavy (non-hydrogen) atoms. The van der Waals surface area contributed by atoms with Crippen LogP contribution in [0, 0.1) is 0 Å². The van der Waals surface area contributed by atoms with E-state index in [9.17, 15) is 8.42 Å². The Kier molecular flexibility index (Phi) is 3.82. The second kappa shape index (κ2) is 6.00. The van der Waals surface area contributed by atoms with Crippen molar-refractivity contribution in [3.63, 3.8) is 0 Å². The molecule has 1 atom stereocenters. The summed E-state index contributed by atoms with van der Waals surface area (Å²) in [5, 5.41) is 2.26. The van der Waals surface area contributed by atoms with E-state index in [0.29, 0.717) is 6.54 Å². The lowest BCUT2D eigenvalue weighted by Crippen LogP contribution is -2.30. The zero-order valence-corrected chi connectivity index (χ0v) is 14.0. The fourth-order valence-electron chi connectivity index (χ4n) is 3.51. The monoisotopic (exact) mass is 338 g/mol. The summed E-state index contributed by atoms with van der Waals surface area (Å²) in [4.78, 5) is 4.23. The van der Waals surface area contributed by atoms with Crippen molar-refractivity contribution in [1.82, 2.24) is 9.29 Å². The van der Waals surface area contributed by atoms with Crippen LogP contribution in [0.25, 0.3) is 10.8 Å². The van der Waals surface area contributed by atoms with Gasteiger partial charge in [-0.3, -0.25) is 4.98 Å². The maximum absolute atomic E-state index is 13.0. The molecule has 0 amide bonds. The van der Waals surface area contributed by atoms with Gasteiger partial charge in [0.1, 0.15) is 4.90 Å². The molecule has 0 spiro atoms. The van der Waals surface area contributed by atoms with Crippen LogP contribution < -0.4 is 0 Å². The summed E-state index contributed by atoms with van der Waals surface area (Å²) in [6, 6.07) is 17.4. The molecule has 5 heteroatoms. The number of nitrogens with zero attached hydrogens (tertiary/aromatic N) is 2. The van der Waals surface area contributed by atoms with E-state index in [0.717, 1.165) is 29.2 Å². The highest BCUT2D eigenvalue weighted by atomic mass is 32.2. The van der Waals surface area contributed by atoms with Gasteiger partial charge in [-0.1, -0.05) is 42.5 Å². The third-order valence-electron chi connectivity index (χ3n) is 4.63. The lowest BCUT2D eigenvalue weighted by molar-refractivity contribution is 0.398. The largest absolute Gasteiger partial charge is 0.263 e. The highest BCUT2D eigenvalue weighted by molar-refractivity contribution is 7.89. The van der Waals surface area contributed by atoms with Crippen LogP contribution in [0.15, 0.2) is 71.9 Å². The summed E-state index contributed by atoms with van der Waals surface area (Å²) < 4.78 is 27.7. The van der Waals surface area contributed by atoms with Crippen molar-refractivity contribution in [3.8, 4) is 0 Å². The molecular weight excluding hydrogens is 320 g/mol. The van der Waals surface area contributed by atoms with Gasteiger partial charge in [-0.15, -0.1) is 0 Å². The number of hydrogen-bond acceptors (Lipinski definition) is 3. The number of rotatable bonds is 3. The first-order valence-corrected chi connectivity index (χ1v) is 9.51. The number of pyridine rings is 1. The molecular formula is C19H18N2O2S. The molecule has 0 aliphatic carbocycles. The van der Waals surface area contributed by atoms with E-state index in [1.807, 2.05) is 24.3 Å². The summed E-state index contributed by atoms with van der Waals surface area (Å²) in [5.41, 5.74) is 1.08. The molecule has 1 fully saturated rings. The van der Waals surface area contributed by atoms with Gasteiger partial charge < -0.3 is 0 Å². The van der Waals surface area contributed by atoms with Gasteiger partial charge in [0.15, 0.2) is 0 Å². The number of benzene rings is 2. The molecule has 2 heterocycles. The smallest absolute Gasteiger partial charge is 0.245 e. The molecule has 122 valence electrons. The Morgan fingerprint density at radius 3 is 2.67 bits per heavy atom. The molecule has 0 N–H and O–H groups in total. The molecule has 0 bridgehead atoms. The van der Waals surface area contributed by atoms with E-state index in [2.05, 4.69) is 23.2 Å². The summed E-state index contributed by atoms with van der Waals surface area (Å²) in [6.45, 7) is 0.547. The molecule has 0 radical (unpaired) electrons.